The van der Waals surface area contributed by atoms with E-state index in [1.807, 2.05) is 31.2 Å². The number of benzene rings is 1. The number of aliphatic carboxylic acids is 1. The van der Waals surface area contributed by atoms with Gasteiger partial charge in [0, 0.05) is 10.4 Å². The Balaban J connectivity index is 2.56. The lowest BCUT2D eigenvalue weighted by Crippen LogP contribution is -2.47. The van der Waals surface area contributed by atoms with Crippen molar-refractivity contribution in [1.82, 2.24) is 0 Å². The van der Waals surface area contributed by atoms with Crippen LogP contribution in [-0.4, -0.2) is 33.5 Å². The van der Waals surface area contributed by atoms with Crippen molar-refractivity contribution in [2.75, 3.05) is 11.1 Å². The van der Waals surface area contributed by atoms with E-state index in [4.69, 9.17) is 10.8 Å². The summed E-state index contributed by atoms with van der Waals surface area (Å²) in [7, 11) is 0. The summed E-state index contributed by atoms with van der Waals surface area (Å²) in [6.45, 7) is 5.50. The molecular formula is C15H22N2O3S. The summed E-state index contributed by atoms with van der Waals surface area (Å²) in [5, 5.41) is 11.7. The summed E-state index contributed by atoms with van der Waals surface area (Å²) < 4.78 is -0.714. The first-order valence-electron chi connectivity index (χ1n) is 6.77. The van der Waals surface area contributed by atoms with E-state index in [2.05, 4.69) is 5.32 Å². The third kappa shape index (κ3) is 5.40. The van der Waals surface area contributed by atoms with E-state index < -0.39 is 16.8 Å². The normalized spacial score (nSPS) is 12.8. The van der Waals surface area contributed by atoms with Gasteiger partial charge in [-0.1, -0.05) is 19.1 Å². The number of carboxylic acid groups (broad SMARTS) is 1. The zero-order chi connectivity index (χ0) is 16.0. The van der Waals surface area contributed by atoms with Gasteiger partial charge in [-0.15, -0.1) is 11.8 Å². The van der Waals surface area contributed by atoms with Crippen LogP contribution in [0.15, 0.2) is 24.3 Å². The van der Waals surface area contributed by atoms with E-state index in [1.54, 1.807) is 13.8 Å². The van der Waals surface area contributed by atoms with Crippen LogP contribution >= 0.6 is 11.8 Å². The molecule has 0 spiro atoms. The molecule has 0 heterocycles. The smallest absolute Gasteiger partial charge is 0.321 e. The highest BCUT2D eigenvalue weighted by molar-refractivity contribution is 8.01. The second-order valence-electron chi connectivity index (χ2n) is 5.31. The Morgan fingerprint density at radius 3 is 2.67 bits per heavy atom. The van der Waals surface area contributed by atoms with E-state index in [1.165, 1.54) is 11.8 Å². The molecule has 0 aromatic heterocycles. The second kappa shape index (κ2) is 7.47. The molecule has 0 fully saturated rings. The highest BCUT2D eigenvalue weighted by Crippen LogP contribution is 2.27. The number of amides is 1. The predicted molar refractivity (Wildman–Crippen MR) is 86.6 cm³/mol. The average molecular weight is 310 g/mol. The van der Waals surface area contributed by atoms with Crippen molar-refractivity contribution in [2.24, 2.45) is 5.73 Å². The molecule has 21 heavy (non-hydrogen) atoms. The van der Waals surface area contributed by atoms with E-state index in [0.717, 1.165) is 17.7 Å². The maximum absolute atomic E-state index is 11.9. The first-order chi connectivity index (χ1) is 9.76. The number of rotatable bonds is 7. The molecular weight excluding hydrogens is 288 g/mol. The van der Waals surface area contributed by atoms with Crippen LogP contribution in [0.3, 0.4) is 0 Å². The van der Waals surface area contributed by atoms with Crippen LogP contribution in [0.25, 0.3) is 0 Å². The molecule has 0 saturated heterocycles. The summed E-state index contributed by atoms with van der Waals surface area (Å²) in [5.74, 6) is -1.08. The highest BCUT2D eigenvalue weighted by Gasteiger charge is 2.33. The Bertz CT molecular complexity index is 517. The molecule has 4 N–H and O–H groups in total. The zero-order valence-electron chi connectivity index (χ0n) is 12.6. The van der Waals surface area contributed by atoms with Crippen molar-refractivity contribution in [2.45, 2.75) is 38.0 Å². The molecule has 1 atom stereocenters. The monoisotopic (exact) mass is 310 g/mol. The van der Waals surface area contributed by atoms with Crippen molar-refractivity contribution in [1.29, 1.82) is 0 Å². The van der Waals surface area contributed by atoms with Crippen LogP contribution in [0.5, 0.6) is 0 Å². The Hall–Kier alpha value is -1.53. The van der Waals surface area contributed by atoms with Gasteiger partial charge in [-0.25, -0.2) is 0 Å². The number of hydrogen-bond acceptors (Lipinski definition) is 4. The number of aryl methyl sites for hydroxylation is 1. The minimum atomic E-state index is -1.07. The standard InChI is InChI=1S/C15H22N2O3S/c1-4-10-6-5-7-11(8-10)17-12(18)9-21-15(2,3)13(16)14(19)20/h5-8,13H,4,9,16H2,1-3H3,(H,17,18)(H,19,20)/t13-/m1/s1. The van der Waals surface area contributed by atoms with E-state index in [9.17, 15) is 9.59 Å². The van der Waals surface area contributed by atoms with Crippen LogP contribution in [0.4, 0.5) is 5.69 Å². The summed E-state index contributed by atoms with van der Waals surface area (Å²) in [6, 6.07) is 6.64. The molecule has 6 heteroatoms. The van der Waals surface area contributed by atoms with E-state index >= 15 is 0 Å². The lowest BCUT2D eigenvalue weighted by atomic mass is 10.1. The first-order valence-corrected chi connectivity index (χ1v) is 7.76. The Morgan fingerprint density at radius 1 is 1.43 bits per heavy atom. The molecule has 0 aliphatic rings. The number of hydrogen-bond donors (Lipinski definition) is 3. The number of carboxylic acids is 1. The second-order valence-corrected chi connectivity index (χ2v) is 6.94. The summed E-state index contributed by atoms with van der Waals surface area (Å²) in [6.07, 6.45) is 0.902. The molecule has 0 aliphatic carbocycles. The van der Waals surface area contributed by atoms with Gasteiger partial charge in [-0.2, -0.15) is 0 Å². The Morgan fingerprint density at radius 2 is 2.10 bits per heavy atom. The van der Waals surface area contributed by atoms with Crippen LogP contribution in [-0.2, 0) is 16.0 Å². The molecule has 1 rings (SSSR count). The quantitative estimate of drug-likeness (QED) is 0.717. The lowest BCUT2D eigenvalue weighted by Gasteiger charge is -2.27. The van der Waals surface area contributed by atoms with E-state index in [-0.39, 0.29) is 11.7 Å². The number of carbonyl (C=O) groups is 2. The Kier molecular flexibility index (Phi) is 6.23. The van der Waals surface area contributed by atoms with Crippen molar-refractivity contribution in [3.8, 4) is 0 Å². The van der Waals surface area contributed by atoms with Crippen LogP contribution in [0.2, 0.25) is 0 Å². The first kappa shape index (κ1) is 17.5. The van der Waals surface area contributed by atoms with Crippen molar-refractivity contribution in [3.63, 3.8) is 0 Å². The van der Waals surface area contributed by atoms with Gasteiger partial charge in [0.1, 0.15) is 6.04 Å². The minimum absolute atomic E-state index is 0.157. The number of anilines is 1. The third-order valence-corrected chi connectivity index (χ3v) is 4.61. The predicted octanol–water partition coefficient (Wildman–Crippen LogP) is 2.11. The van der Waals surface area contributed by atoms with Gasteiger partial charge in [-0.3, -0.25) is 9.59 Å². The molecule has 0 unspecified atom stereocenters. The molecule has 116 valence electrons. The SMILES string of the molecule is CCc1cccc(NC(=O)CSC(C)(C)[C@H](N)C(=O)O)c1. The fourth-order valence-corrected chi connectivity index (χ4v) is 2.56. The largest absolute Gasteiger partial charge is 0.480 e. The fourth-order valence-electron chi connectivity index (χ4n) is 1.70. The lowest BCUT2D eigenvalue weighted by molar-refractivity contribution is -0.139. The van der Waals surface area contributed by atoms with Crippen molar-refractivity contribution in [3.05, 3.63) is 29.8 Å². The third-order valence-electron chi connectivity index (χ3n) is 3.21. The van der Waals surface area contributed by atoms with Gasteiger partial charge in [0.05, 0.1) is 5.75 Å². The minimum Gasteiger partial charge on any atom is -0.480 e. The topological polar surface area (TPSA) is 92.4 Å². The van der Waals surface area contributed by atoms with Crippen molar-refractivity contribution < 1.29 is 14.7 Å². The number of carbonyl (C=O) groups excluding carboxylic acids is 1. The van der Waals surface area contributed by atoms with Gasteiger partial charge in [-0.05, 0) is 38.0 Å². The van der Waals surface area contributed by atoms with Crippen molar-refractivity contribution >= 4 is 29.3 Å². The van der Waals surface area contributed by atoms with Gasteiger partial charge in [0.15, 0.2) is 0 Å². The van der Waals surface area contributed by atoms with E-state index in [0.29, 0.717) is 0 Å². The van der Waals surface area contributed by atoms with Crippen LogP contribution in [0.1, 0.15) is 26.3 Å². The van der Waals surface area contributed by atoms with Gasteiger partial charge < -0.3 is 16.2 Å². The summed E-state index contributed by atoms with van der Waals surface area (Å²) in [4.78, 5) is 22.8. The molecule has 0 saturated carbocycles. The molecule has 1 aromatic rings. The van der Waals surface area contributed by atoms with Gasteiger partial charge in [0.2, 0.25) is 5.91 Å². The van der Waals surface area contributed by atoms with Gasteiger partial charge in [0.25, 0.3) is 0 Å². The molecule has 0 aliphatic heterocycles. The Labute approximate surface area is 129 Å². The summed E-state index contributed by atoms with van der Waals surface area (Å²) >= 11 is 1.23. The molecule has 1 amide bonds. The number of thioether (sulfide) groups is 1. The zero-order valence-corrected chi connectivity index (χ0v) is 13.4. The molecule has 0 radical (unpaired) electrons. The maximum Gasteiger partial charge on any atom is 0.321 e. The number of nitrogens with one attached hydrogen (secondary N) is 1. The van der Waals surface area contributed by atoms with Crippen LogP contribution in [0, 0.1) is 0 Å². The molecule has 1 aromatic carbocycles. The fraction of sp³-hybridized carbons (Fsp3) is 0.467. The average Bonchev–Trinajstić information content (AvgIpc) is 2.44. The maximum atomic E-state index is 11.9. The number of nitrogens with two attached hydrogens (primary N) is 1. The molecule has 5 nitrogen and oxygen atoms in total. The highest BCUT2D eigenvalue weighted by atomic mass is 32.2. The van der Waals surface area contributed by atoms with Gasteiger partial charge >= 0.3 is 5.97 Å². The molecule has 0 bridgehead atoms. The van der Waals surface area contributed by atoms with Crippen LogP contribution < -0.4 is 11.1 Å². The summed E-state index contributed by atoms with van der Waals surface area (Å²) in [5.41, 5.74) is 7.52.